The topological polar surface area (TPSA) is 98.8 Å². The SMILES string of the molecule is [2H]c1cc(=Nc2cncc(CNC=O)n2)[nH][nH]1. The molecule has 0 atom stereocenters. The molecule has 0 bridgehead atoms. The minimum Gasteiger partial charge on any atom is -0.353 e. The van der Waals surface area contributed by atoms with Crippen LogP contribution in [0.3, 0.4) is 0 Å². The van der Waals surface area contributed by atoms with Crippen molar-refractivity contribution in [3.05, 3.63) is 35.8 Å². The van der Waals surface area contributed by atoms with Gasteiger partial charge in [0, 0.05) is 6.17 Å². The van der Waals surface area contributed by atoms with Gasteiger partial charge in [0.25, 0.3) is 0 Å². The van der Waals surface area contributed by atoms with Crippen molar-refractivity contribution in [3.8, 4) is 0 Å². The number of hydrogen-bond acceptors (Lipinski definition) is 4. The zero-order valence-corrected chi connectivity index (χ0v) is 8.27. The second-order valence-electron chi connectivity index (χ2n) is 2.90. The van der Waals surface area contributed by atoms with Crippen LogP contribution in [0.2, 0.25) is 0 Å². The van der Waals surface area contributed by atoms with Gasteiger partial charge < -0.3 is 10.4 Å². The Labute approximate surface area is 92.1 Å². The third-order valence-corrected chi connectivity index (χ3v) is 1.74. The van der Waals surface area contributed by atoms with E-state index >= 15 is 0 Å². The molecule has 82 valence electrons. The molecule has 0 fully saturated rings. The first-order valence-electron chi connectivity index (χ1n) is 5.05. The van der Waals surface area contributed by atoms with Crippen molar-refractivity contribution in [2.75, 3.05) is 0 Å². The Morgan fingerprint density at radius 3 is 3.31 bits per heavy atom. The third-order valence-electron chi connectivity index (χ3n) is 1.74. The lowest BCUT2D eigenvalue weighted by atomic mass is 10.4. The summed E-state index contributed by atoms with van der Waals surface area (Å²) in [4.78, 5) is 22.4. The number of hydrogen-bond donors (Lipinski definition) is 3. The van der Waals surface area contributed by atoms with E-state index in [0.717, 1.165) is 0 Å². The van der Waals surface area contributed by atoms with Gasteiger partial charge in [0.05, 0.1) is 26.0 Å². The molecule has 0 aliphatic heterocycles. The molecule has 0 radical (unpaired) electrons. The molecule has 7 heteroatoms. The standard InChI is InChI=1S/C9H10N6O/c16-6-11-4-7-3-10-5-9(13-7)14-8-1-2-12-15-8/h1-3,5-6H,4H2,(H,11,16)(H2,12,13,14,15)/i2D. The van der Waals surface area contributed by atoms with E-state index in [4.69, 9.17) is 1.37 Å². The van der Waals surface area contributed by atoms with Crippen molar-refractivity contribution < 1.29 is 6.17 Å². The molecule has 2 heterocycles. The van der Waals surface area contributed by atoms with Gasteiger partial charge in [-0.25, -0.2) is 9.98 Å². The van der Waals surface area contributed by atoms with Crippen LogP contribution in [-0.4, -0.2) is 26.6 Å². The molecule has 0 saturated heterocycles. The van der Waals surface area contributed by atoms with Crippen molar-refractivity contribution in [3.63, 3.8) is 0 Å². The maximum Gasteiger partial charge on any atom is 0.207 e. The minimum absolute atomic E-state index is 0.232. The molecular weight excluding hydrogens is 208 g/mol. The molecule has 0 spiro atoms. The molecule has 16 heavy (non-hydrogen) atoms. The van der Waals surface area contributed by atoms with Crippen molar-refractivity contribution in [2.45, 2.75) is 6.54 Å². The first-order chi connectivity index (χ1) is 8.28. The lowest BCUT2D eigenvalue weighted by Gasteiger charge is -1.98. The number of carbonyl (C=O) groups excluding carboxylic acids is 1. The highest BCUT2D eigenvalue weighted by Crippen LogP contribution is 2.04. The van der Waals surface area contributed by atoms with E-state index in [2.05, 4.69) is 30.5 Å². The monoisotopic (exact) mass is 219 g/mol. The van der Waals surface area contributed by atoms with Gasteiger partial charge in [-0.2, -0.15) is 0 Å². The van der Waals surface area contributed by atoms with Crippen LogP contribution in [-0.2, 0) is 11.3 Å². The first-order valence-corrected chi connectivity index (χ1v) is 4.55. The Hall–Kier alpha value is -2.44. The van der Waals surface area contributed by atoms with Crippen LogP contribution < -0.4 is 10.8 Å². The van der Waals surface area contributed by atoms with Gasteiger partial charge in [0.1, 0.15) is 5.49 Å². The number of aromatic nitrogens is 4. The summed E-state index contributed by atoms with van der Waals surface area (Å²) in [5, 5.41) is 7.77. The summed E-state index contributed by atoms with van der Waals surface area (Å²) in [6, 6.07) is 1.53. The van der Waals surface area contributed by atoms with Crippen LogP contribution in [0.1, 0.15) is 7.06 Å². The predicted molar refractivity (Wildman–Crippen MR) is 55.3 cm³/mol. The number of nitrogens with one attached hydrogen (secondary N) is 3. The summed E-state index contributed by atoms with van der Waals surface area (Å²) < 4.78 is 7.28. The van der Waals surface area contributed by atoms with Crippen molar-refractivity contribution in [1.82, 2.24) is 25.5 Å². The van der Waals surface area contributed by atoms with Crippen LogP contribution in [0, 0.1) is 0 Å². The quantitative estimate of drug-likeness (QED) is 0.611. The van der Waals surface area contributed by atoms with E-state index in [-0.39, 0.29) is 6.17 Å². The normalized spacial score (nSPS) is 12.2. The number of carbonyl (C=O) groups is 1. The lowest BCUT2D eigenvalue weighted by Crippen LogP contribution is -2.11. The van der Waals surface area contributed by atoms with Gasteiger partial charge in [-0.15, -0.1) is 0 Å². The predicted octanol–water partition coefficient (Wildman–Crippen LogP) is -0.389. The maximum atomic E-state index is 10.1. The number of aromatic amines is 2. The summed E-state index contributed by atoms with van der Waals surface area (Å²) in [6.07, 6.45) is 3.87. The average molecular weight is 219 g/mol. The highest BCUT2D eigenvalue weighted by molar-refractivity contribution is 5.46. The fourth-order valence-corrected chi connectivity index (χ4v) is 1.10. The molecule has 3 N–H and O–H groups in total. The van der Waals surface area contributed by atoms with Gasteiger partial charge in [-0.1, -0.05) is 0 Å². The molecule has 7 nitrogen and oxygen atoms in total. The molecule has 0 aromatic carbocycles. The average Bonchev–Trinajstić information content (AvgIpc) is 2.73. The van der Waals surface area contributed by atoms with Crippen LogP contribution >= 0.6 is 0 Å². The summed E-state index contributed by atoms with van der Waals surface area (Å²) in [5.74, 6) is 0.408. The van der Waals surface area contributed by atoms with Gasteiger partial charge in [0.15, 0.2) is 5.82 Å². The molecule has 0 unspecified atom stereocenters. The Bertz CT molecular complexity index is 575. The molecule has 1 amide bonds. The molecule has 2 aromatic heterocycles. The van der Waals surface area contributed by atoms with Gasteiger partial charge in [-0.3, -0.25) is 14.9 Å². The number of rotatable bonds is 4. The lowest BCUT2D eigenvalue weighted by molar-refractivity contribution is -0.109. The second kappa shape index (κ2) is 4.87. The summed E-state index contributed by atoms with van der Waals surface area (Å²) in [7, 11) is 0. The molecule has 0 aliphatic carbocycles. The molecular formula is C9H10N6O. The van der Waals surface area contributed by atoms with E-state index in [1.807, 2.05) is 0 Å². The zero-order chi connectivity index (χ0) is 12.1. The summed E-state index contributed by atoms with van der Waals surface area (Å²) in [6.45, 7) is 0.306. The highest BCUT2D eigenvalue weighted by atomic mass is 16.1. The molecule has 2 aromatic rings. The van der Waals surface area contributed by atoms with Crippen LogP contribution in [0.5, 0.6) is 0 Å². The Morgan fingerprint density at radius 2 is 2.56 bits per heavy atom. The first kappa shape index (κ1) is 8.84. The van der Waals surface area contributed by atoms with Gasteiger partial charge in [-0.05, 0) is 6.07 Å². The van der Waals surface area contributed by atoms with Crippen LogP contribution in [0.15, 0.2) is 29.6 Å². The van der Waals surface area contributed by atoms with Crippen molar-refractivity contribution >= 4 is 12.2 Å². The smallest absolute Gasteiger partial charge is 0.207 e. The van der Waals surface area contributed by atoms with E-state index in [9.17, 15) is 4.79 Å². The highest BCUT2D eigenvalue weighted by Gasteiger charge is 1.96. The number of H-pyrrole nitrogens is 2. The zero-order valence-electron chi connectivity index (χ0n) is 9.27. The maximum absolute atomic E-state index is 10.1. The minimum atomic E-state index is 0.232. The van der Waals surface area contributed by atoms with Gasteiger partial charge >= 0.3 is 0 Å². The molecule has 2 rings (SSSR count). The largest absolute Gasteiger partial charge is 0.353 e. The van der Waals surface area contributed by atoms with Crippen molar-refractivity contribution in [1.29, 1.82) is 0 Å². The van der Waals surface area contributed by atoms with Crippen LogP contribution in [0.25, 0.3) is 0 Å². The molecule has 0 aliphatic rings. The van der Waals surface area contributed by atoms with Crippen molar-refractivity contribution in [2.24, 2.45) is 4.99 Å². The number of amides is 1. The Kier molecular flexibility index (Phi) is 2.69. The number of nitrogens with zero attached hydrogens (tertiary/aromatic N) is 3. The van der Waals surface area contributed by atoms with E-state index in [1.165, 1.54) is 12.3 Å². The second-order valence-corrected chi connectivity index (χ2v) is 2.90. The third kappa shape index (κ3) is 2.53. The van der Waals surface area contributed by atoms with Gasteiger partial charge in [0.2, 0.25) is 6.41 Å². The Morgan fingerprint density at radius 1 is 1.62 bits per heavy atom. The van der Waals surface area contributed by atoms with Crippen LogP contribution in [0.4, 0.5) is 5.82 Å². The fraction of sp³-hybridized carbons (Fsp3) is 0.111. The molecule has 0 saturated carbocycles. The Balaban J connectivity index is 2.24. The summed E-state index contributed by atoms with van der Waals surface area (Å²) in [5.41, 5.74) is 1.10. The fourth-order valence-electron chi connectivity index (χ4n) is 1.10. The van der Waals surface area contributed by atoms with E-state index in [0.29, 0.717) is 30.0 Å². The van der Waals surface area contributed by atoms with E-state index < -0.39 is 0 Å². The summed E-state index contributed by atoms with van der Waals surface area (Å²) >= 11 is 0. The van der Waals surface area contributed by atoms with E-state index in [1.54, 1.807) is 6.20 Å².